The van der Waals surface area contributed by atoms with E-state index in [0.717, 1.165) is 29.5 Å². The van der Waals surface area contributed by atoms with Crippen LogP contribution in [-0.4, -0.2) is 81.9 Å². The number of hydrogen-bond acceptors (Lipinski definition) is 5. The standard InChI is InChI=1S/C19H31N3O4S/c1-6-21-9-11-22(12-10-21)19(23)14-20(4)27(24,25)18-13-16(15(2)3)7-8-17(18)26-5/h7-8,13,15H,6,9-12,14H2,1-5H3. The molecule has 1 aromatic carbocycles. The van der Waals surface area contributed by atoms with E-state index in [2.05, 4.69) is 11.8 Å². The molecule has 0 unspecified atom stereocenters. The van der Waals surface area contributed by atoms with Gasteiger partial charge < -0.3 is 14.5 Å². The minimum atomic E-state index is -3.84. The third-order valence-electron chi connectivity index (χ3n) is 5.07. The van der Waals surface area contributed by atoms with E-state index in [1.165, 1.54) is 14.2 Å². The number of ether oxygens (including phenoxy) is 1. The zero-order valence-corrected chi connectivity index (χ0v) is 17.8. The van der Waals surface area contributed by atoms with Crippen molar-refractivity contribution in [3.05, 3.63) is 23.8 Å². The van der Waals surface area contributed by atoms with Crippen LogP contribution in [0, 0.1) is 0 Å². The third kappa shape index (κ3) is 5.00. The Labute approximate surface area is 162 Å². The maximum atomic E-state index is 13.1. The highest BCUT2D eigenvalue weighted by molar-refractivity contribution is 7.89. The molecule has 1 heterocycles. The van der Waals surface area contributed by atoms with E-state index in [1.807, 2.05) is 19.9 Å². The molecule has 1 aliphatic heterocycles. The first kappa shape index (κ1) is 21.7. The number of carbonyl (C=O) groups is 1. The highest BCUT2D eigenvalue weighted by Crippen LogP contribution is 2.29. The van der Waals surface area contributed by atoms with Gasteiger partial charge in [0.2, 0.25) is 15.9 Å². The number of amides is 1. The first-order valence-corrected chi connectivity index (χ1v) is 10.8. The maximum Gasteiger partial charge on any atom is 0.246 e. The summed E-state index contributed by atoms with van der Waals surface area (Å²) in [6.07, 6.45) is 0. The van der Waals surface area contributed by atoms with Crippen molar-refractivity contribution in [3.63, 3.8) is 0 Å². The average Bonchev–Trinajstić information content (AvgIpc) is 2.67. The first-order valence-electron chi connectivity index (χ1n) is 9.35. The summed E-state index contributed by atoms with van der Waals surface area (Å²) in [4.78, 5) is 16.7. The smallest absolute Gasteiger partial charge is 0.246 e. The Morgan fingerprint density at radius 3 is 2.37 bits per heavy atom. The topological polar surface area (TPSA) is 70.2 Å². The van der Waals surface area contributed by atoms with E-state index in [1.54, 1.807) is 17.0 Å². The molecule has 152 valence electrons. The molecule has 0 saturated carbocycles. The number of hydrogen-bond donors (Lipinski definition) is 0. The van der Waals surface area contributed by atoms with Crippen LogP contribution in [0.1, 0.15) is 32.3 Å². The summed E-state index contributed by atoms with van der Waals surface area (Å²) in [5.41, 5.74) is 0.907. The number of methoxy groups -OCH3 is 1. The molecule has 1 aliphatic rings. The van der Waals surface area contributed by atoms with Crippen molar-refractivity contribution in [3.8, 4) is 5.75 Å². The number of carbonyl (C=O) groups excluding carboxylic acids is 1. The van der Waals surface area contributed by atoms with E-state index in [0.29, 0.717) is 13.1 Å². The van der Waals surface area contributed by atoms with Gasteiger partial charge in [-0.25, -0.2) is 8.42 Å². The summed E-state index contributed by atoms with van der Waals surface area (Å²) < 4.78 is 32.5. The molecule has 8 heteroatoms. The van der Waals surface area contributed by atoms with Crippen molar-refractivity contribution in [2.75, 3.05) is 53.4 Å². The number of rotatable bonds is 7. The molecular formula is C19H31N3O4S. The summed E-state index contributed by atoms with van der Waals surface area (Å²) in [6.45, 7) is 9.79. The van der Waals surface area contributed by atoms with Crippen molar-refractivity contribution in [1.29, 1.82) is 0 Å². The Hall–Kier alpha value is -1.64. The summed E-state index contributed by atoms with van der Waals surface area (Å²) in [6, 6.07) is 5.17. The molecule has 7 nitrogen and oxygen atoms in total. The van der Waals surface area contributed by atoms with E-state index >= 15 is 0 Å². The van der Waals surface area contributed by atoms with Crippen LogP contribution >= 0.6 is 0 Å². The summed E-state index contributed by atoms with van der Waals surface area (Å²) >= 11 is 0. The Morgan fingerprint density at radius 2 is 1.85 bits per heavy atom. The summed E-state index contributed by atoms with van der Waals surface area (Å²) in [5.74, 6) is 0.303. The third-order valence-corrected chi connectivity index (χ3v) is 6.90. The van der Waals surface area contributed by atoms with Gasteiger partial charge >= 0.3 is 0 Å². The second kappa shape index (κ2) is 9.03. The lowest BCUT2D eigenvalue weighted by Crippen LogP contribution is -2.51. The Kier molecular flexibility index (Phi) is 7.25. The zero-order chi connectivity index (χ0) is 20.2. The fraction of sp³-hybridized carbons (Fsp3) is 0.632. The quantitative estimate of drug-likeness (QED) is 0.699. The fourth-order valence-corrected chi connectivity index (χ4v) is 4.42. The van der Waals surface area contributed by atoms with Crippen molar-refractivity contribution < 1.29 is 17.9 Å². The predicted molar refractivity (Wildman–Crippen MR) is 106 cm³/mol. The molecule has 0 spiro atoms. The molecule has 0 atom stereocenters. The minimum absolute atomic E-state index is 0.0994. The molecule has 1 aromatic rings. The van der Waals surface area contributed by atoms with E-state index < -0.39 is 10.0 Å². The maximum absolute atomic E-state index is 13.1. The molecule has 0 radical (unpaired) electrons. The van der Waals surface area contributed by atoms with Crippen LogP contribution in [0.5, 0.6) is 5.75 Å². The Bertz CT molecular complexity index is 756. The van der Waals surface area contributed by atoms with Gasteiger partial charge in [-0.15, -0.1) is 0 Å². The summed E-state index contributed by atoms with van der Waals surface area (Å²) in [7, 11) is -0.949. The molecule has 0 bridgehead atoms. The lowest BCUT2D eigenvalue weighted by molar-refractivity contribution is -0.132. The lowest BCUT2D eigenvalue weighted by atomic mass is 10.0. The normalized spacial score (nSPS) is 16.2. The van der Waals surface area contributed by atoms with Crippen molar-refractivity contribution in [2.24, 2.45) is 0 Å². The van der Waals surface area contributed by atoms with E-state index in [4.69, 9.17) is 4.74 Å². The largest absolute Gasteiger partial charge is 0.495 e. The predicted octanol–water partition coefficient (Wildman–Crippen LogP) is 1.60. The van der Waals surface area contributed by atoms with Crippen molar-refractivity contribution in [1.82, 2.24) is 14.1 Å². The van der Waals surface area contributed by atoms with Gasteiger partial charge in [0.15, 0.2) is 0 Å². The molecule has 2 rings (SSSR count). The Balaban J connectivity index is 2.16. The molecule has 1 amide bonds. The van der Waals surface area contributed by atoms with Crippen LogP contribution < -0.4 is 4.74 Å². The molecule has 0 aliphatic carbocycles. The number of likely N-dealkylation sites (N-methyl/N-ethyl adjacent to an activating group) is 2. The van der Waals surface area contributed by atoms with Crippen molar-refractivity contribution >= 4 is 15.9 Å². The Morgan fingerprint density at radius 1 is 1.22 bits per heavy atom. The van der Waals surface area contributed by atoms with Gasteiger partial charge in [0.05, 0.1) is 13.7 Å². The van der Waals surface area contributed by atoms with Gasteiger partial charge in [-0.2, -0.15) is 4.31 Å². The minimum Gasteiger partial charge on any atom is -0.495 e. The first-order chi connectivity index (χ1) is 12.7. The SMILES string of the molecule is CCN1CCN(C(=O)CN(C)S(=O)(=O)c2cc(C(C)C)ccc2OC)CC1. The van der Waals surface area contributed by atoms with Crippen molar-refractivity contribution in [2.45, 2.75) is 31.6 Å². The van der Waals surface area contributed by atoms with Gasteiger partial charge in [0, 0.05) is 33.2 Å². The van der Waals surface area contributed by atoms with Gasteiger partial charge in [0.1, 0.15) is 10.6 Å². The van der Waals surface area contributed by atoms with Crippen LogP contribution in [-0.2, 0) is 14.8 Å². The lowest BCUT2D eigenvalue weighted by Gasteiger charge is -2.34. The van der Waals surface area contributed by atoms with Gasteiger partial charge in [0.25, 0.3) is 0 Å². The molecule has 1 fully saturated rings. The van der Waals surface area contributed by atoms with Crippen LogP contribution in [0.2, 0.25) is 0 Å². The van der Waals surface area contributed by atoms with E-state index in [-0.39, 0.29) is 29.0 Å². The molecule has 27 heavy (non-hydrogen) atoms. The van der Waals surface area contributed by atoms with Gasteiger partial charge in [-0.05, 0) is 30.2 Å². The molecule has 0 N–H and O–H groups in total. The number of sulfonamides is 1. The number of benzene rings is 1. The monoisotopic (exact) mass is 397 g/mol. The number of nitrogens with zero attached hydrogens (tertiary/aromatic N) is 3. The van der Waals surface area contributed by atoms with Crippen LogP contribution in [0.4, 0.5) is 0 Å². The van der Waals surface area contributed by atoms with E-state index in [9.17, 15) is 13.2 Å². The number of piperazine rings is 1. The van der Waals surface area contributed by atoms with Crippen LogP contribution in [0.25, 0.3) is 0 Å². The van der Waals surface area contributed by atoms with Gasteiger partial charge in [-0.3, -0.25) is 4.79 Å². The highest BCUT2D eigenvalue weighted by Gasteiger charge is 2.29. The second-order valence-electron chi connectivity index (χ2n) is 7.14. The zero-order valence-electron chi connectivity index (χ0n) is 16.9. The highest BCUT2D eigenvalue weighted by atomic mass is 32.2. The van der Waals surface area contributed by atoms with Crippen LogP contribution in [0.3, 0.4) is 0 Å². The second-order valence-corrected chi connectivity index (χ2v) is 9.15. The fourth-order valence-electron chi connectivity index (χ4n) is 3.11. The molecule has 0 aromatic heterocycles. The average molecular weight is 398 g/mol. The molecular weight excluding hydrogens is 366 g/mol. The van der Waals surface area contributed by atoms with Gasteiger partial charge in [-0.1, -0.05) is 26.8 Å². The summed E-state index contributed by atoms with van der Waals surface area (Å²) in [5, 5.41) is 0. The molecule has 1 saturated heterocycles. The van der Waals surface area contributed by atoms with Crippen LogP contribution in [0.15, 0.2) is 23.1 Å².